The van der Waals surface area contributed by atoms with Crippen molar-refractivity contribution in [3.63, 3.8) is 0 Å². The molecule has 8 heteroatoms. The van der Waals surface area contributed by atoms with Gasteiger partial charge in [0.15, 0.2) is 9.84 Å². The van der Waals surface area contributed by atoms with Crippen molar-refractivity contribution in [2.45, 2.75) is 18.2 Å². The van der Waals surface area contributed by atoms with Gasteiger partial charge in [-0.2, -0.15) is 0 Å². The monoisotopic (exact) mass is 325 g/mol. The summed E-state index contributed by atoms with van der Waals surface area (Å²) in [6.45, 7) is 1.53. The minimum atomic E-state index is -3.59. The molecule has 0 spiro atoms. The van der Waals surface area contributed by atoms with Gasteiger partial charge in [-0.25, -0.2) is 16.8 Å². The SMILES string of the molecule is CCS(=O)(=O)CCCS(=O)(=O)c1ccc(Cl)cc1N. The first kappa shape index (κ1) is 16.3. The van der Waals surface area contributed by atoms with E-state index in [1.807, 2.05) is 0 Å². The molecule has 0 amide bonds. The second kappa shape index (κ2) is 6.11. The van der Waals surface area contributed by atoms with Gasteiger partial charge in [-0.15, -0.1) is 0 Å². The average Bonchev–Trinajstić information content (AvgIpc) is 2.27. The van der Waals surface area contributed by atoms with Crippen molar-refractivity contribution in [3.05, 3.63) is 23.2 Å². The normalized spacial score (nSPS) is 12.5. The van der Waals surface area contributed by atoms with Crippen LogP contribution >= 0.6 is 11.6 Å². The molecule has 0 atom stereocenters. The maximum absolute atomic E-state index is 12.0. The molecule has 0 radical (unpaired) electrons. The van der Waals surface area contributed by atoms with Gasteiger partial charge >= 0.3 is 0 Å². The fourth-order valence-corrected chi connectivity index (χ4v) is 4.20. The Balaban J connectivity index is 2.82. The van der Waals surface area contributed by atoms with Gasteiger partial charge in [-0.05, 0) is 24.6 Å². The van der Waals surface area contributed by atoms with E-state index in [1.165, 1.54) is 25.1 Å². The number of sulfone groups is 2. The highest BCUT2D eigenvalue weighted by atomic mass is 35.5. The van der Waals surface area contributed by atoms with E-state index in [-0.39, 0.29) is 34.3 Å². The number of halogens is 1. The third-order valence-electron chi connectivity index (χ3n) is 2.62. The molecular weight excluding hydrogens is 310 g/mol. The van der Waals surface area contributed by atoms with Crippen LogP contribution < -0.4 is 5.73 Å². The van der Waals surface area contributed by atoms with Crippen LogP contribution in [0.15, 0.2) is 23.1 Å². The molecule has 108 valence electrons. The highest BCUT2D eigenvalue weighted by Gasteiger charge is 2.19. The second-order valence-electron chi connectivity index (χ2n) is 4.09. The molecule has 0 unspecified atom stereocenters. The quantitative estimate of drug-likeness (QED) is 0.800. The Morgan fingerprint density at radius 3 is 2.32 bits per heavy atom. The van der Waals surface area contributed by atoms with E-state index in [9.17, 15) is 16.8 Å². The lowest BCUT2D eigenvalue weighted by Gasteiger charge is -2.07. The molecule has 1 aromatic carbocycles. The van der Waals surface area contributed by atoms with Crippen LogP contribution in [0.5, 0.6) is 0 Å². The number of benzene rings is 1. The molecule has 1 rings (SSSR count). The van der Waals surface area contributed by atoms with Crippen LogP contribution in [0.25, 0.3) is 0 Å². The van der Waals surface area contributed by atoms with E-state index in [4.69, 9.17) is 17.3 Å². The van der Waals surface area contributed by atoms with Crippen LogP contribution in [0.1, 0.15) is 13.3 Å². The third kappa shape index (κ3) is 4.67. The molecule has 0 saturated carbocycles. The molecule has 2 N–H and O–H groups in total. The predicted molar refractivity (Wildman–Crippen MR) is 76.9 cm³/mol. The van der Waals surface area contributed by atoms with Crippen molar-refractivity contribution in [1.29, 1.82) is 0 Å². The lowest BCUT2D eigenvalue weighted by atomic mass is 10.3. The fraction of sp³-hybridized carbons (Fsp3) is 0.455. The van der Waals surface area contributed by atoms with E-state index in [0.717, 1.165) is 0 Å². The molecule has 0 heterocycles. The minimum Gasteiger partial charge on any atom is -0.398 e. The summed E-state index contributed by atoms with van der Waals surface area (Å²) in [5, 5.41) is 0.352. The first-order chi connectivity index (χ1) is 8.68. The molecule has 0 aromatic heterocycles. The van der Waals surface area contributed by atoms with E-state index in [0.29, 0.717) is 5.02 Å². The average molecular weight is 326 g/mol. The van der Waals surface area contributed by atoms with E-state index >= 15 is 0 Å². The van der Waals surface area contributed by atoms with Crippen molar-refractivity contribution in [1.82, 2.24) is 0 Å². The Labute approximate surface area is 118 Å². The molecule has 19 heavy (non-hydrogen) atoms. The maximum Gasteiger partial charge on any atom is 0.180 e. The molecule has 0 aliphatic carbocycles. The highest BCUT2D eigenvalue weighted by molar-refractivity contribution is 7.92. The van der Waals surface area contributed by atoms with Crippen LogP contribution in [-0.2, 0) is 19.7 Å². The third-order valence-corrected chi connectivity index (χ3v) is 6.51. The van der Waals surface area contributed by atoms with E-state index < -0.39 is 19.7 Å². The van der Waals surface area contributed by atoms with Gasteiger partial charge in [0.25, 0.3) is 0 Å². The Kier molecular flexibility index (Phi) is 5.23. The molecule has 1 aromatic rings. The van der Waals surface area contributed by atoms with Crippen molar-refractivity contribution < 1.29 is 16.8 Å². The maximum atomic E-state index is 12.0. The van der Waals surface area contributed by atoms with Crippen molar-refractivity contribution in [3.8, 4) is 0 Å². The number of nitrogens with two attached hydrogens (primary N) is 1. The summed E-state index contributed by atoms with van der Waals surface area (Å²) in [5.41, 5.74) is 5.68. The standard InChI is InChI=1S/C11H16ClNO4S2/c1-2-18(14,15)6-3-7-19(16,17)11-5-4-9(12)8-10(11)13/h4-5,8H,2-3,6-7,13H2,1H3. The Bertz CT molecular complexity index is 653. The van der Waals surface area contributed by atoms with E-state index in [1.54, 1.807) is 0 Å². The molecule has 0 fully saturated rings. The molecule has 0 bridgehead atoms. The zero-order valence-corrected chi connectivity index (χ0v) is 12.9. The smallest absolute Gasteiger partial charge is 0.180 e. The Morgan fingerprint density at radius 1 is 1.16 bits per heavy atom. The van der Waals surface area contributed by atoms with E-state index in [2.05, 4.69) is 0 Å². The van der Waals surface area contributed by atoms with Gasteiger partial charge in [0, 0.05) is 10.8 Å². The number of hydrogen-bond acceptors (Lipinski definition) is 5. The summed E-state index contributed by atoms with van der Waals surface area (Å²) >= 11 is 5.70. The summed E-state index contributed by atoms with van der Waals surface area (Å²) in [6, 6.07) is 4.13. The van der Waals surface area contributed by atoms with Crippen molar-refractivity contribution >= 4 is 37.0 Å². The van der Waals surface area contributed by atoms with Crippen LogP contribution in [0.4, 0.5) is 5.69 Å². The minimum absolute atomic E-state index is 0.00852. The zero-order chi connectivity index (χ0) is 14.7. The zero-order valence-electron chi connectivity index (χ0n) is 10.5. The summed E-state index contributed by atoms with van der Waals surface area (Å²) in [5.74, 6) is -0.385. The Morgan fingerprint density at radius 2 is 1.79 bits per heavy atom. The van der Waals surface area contributed by atoms with Gasteiger partial charge in [0.05, 0.1) is 22.1 Å². The molecule has 0 aliphatic heterocycles. The summed E-state index contributed by atoms with van der Waals surface area (Å²) in [7, 11) is -6.74. The predicted octanol–water partition coefficient (Wildman–Crippen LogP) is 1.52. The lowest BCUT2D eigenvalue weighted by Crippen LogP contribution is -2.15. The topological polar surface area (TPSA) is 94.3 Å². The number of rotatable bonds is 6. The van der Waals surface area contributed by atoms with Crippen LogP contribution in [-0.4, -0.2) is 34.1 Å². The molecular formula is C11H16ClNO4S2. The van der Waals surface area contributed by atoms with Gasteiger partial charge in [0.1, 0.15) is 9.84 Å². The first-order valence-electron chi connectivity index (χ1n) is 5.66. The summed E-state index contributed by atoms with van der Waals surface area (Å²) in [4.78, 5) is -0.00852. The number of anilines is 1. The molecule has 5 nitrogen and oxygen atoms in total. The first-order valence-corrected chi connectivity index (χ1v) is 9.51. The largest absolute Gasteiger partial charge is 0.398 e. The van der Waals surface area contributed by atoms with Gasteiger partial charge in [0.2, 0.25) is 0 Å². The van der Waals surface area contributed by atoms with Gasteiger partial charge in [-0.3, -0.25) is 0 Å². The summed E-state index contributed by atoms with van der Waals surface area (Å²) < 4.78 is 46.6. The lowest BCUT2D eigenvalue weighted by molar-refractivity contribution is 0.590. The Hall–Kier alpha value is -0.790. The van der Waals surface area contributed by atoms with Crippen LogP contribution in [0.2, 0.25) is 5.02 Å². The van der Waals surface area contributed by atoms with Crippen LogP contribution in [0, 0.1) is 0 Å². The van der Waals surface area contributed by atoms with Crippen molar-refractivity contribution in [2.75, 3.05) is 23.0 Å². The molecule has 0 aliphatic rings. The highest BCUT2D eigenvalue weighted by Crippen LogP contribution is 2.23. The van der Waals surface area contributed by atoms with Gasteiger partial charge in [-0.1, -0.05) is 18.5 Å². The fourth-order valence-electron chi connectivity index (χ4n) is 1.53. The number of nitrogen functional groups attached to an aromatic ring is 1. The summed E-state index contributed by atoms with van der Waals surface area (Å²) in [6.07, 6.45) is 0.0561. The van der Waals surface area contributed by atoms with Gasteiger partial charge < -0.3 is 5.73 Å². The number of hydrogen-bond donors (Lipinski definition) is 1. The molecule has 0 saturated heterocycles. The second-order valence-corrected chi connectivity index (χ2v) is 9.08. The van der Waals surface area contributed by atoms with Crippen molar-refractivity contribution in [2.24, 2.45) is 0 Å². The van der Waals surface area contributed by atoms with Crippen LogP contribution in [0.3, 0.4) is 0 Å².